The van der Waals surface area contributed by atoms with Gasteiger partial charge >= 0.3 is 12.1 Å². The van der Waals surface area contributed by atoms with Crippen molar-refractivity contribution in [2.45, 2.75) is 57.0 Å². The first-order valence-corrected chi connectivity index (χ1v) is 8.79. The van der Waals surface area contributed by atoms with Crippen molar-refractivity contribution in [1.29, 1.82) is 0 Å². The van der Waals surface area contributed by atoms with E-state index in [1.54, 1.807) is 4.90 Å². The summed E-state index contributed by atoms with van der Waals surface area (Å²) in [7, 11) is 1.41. The molecule has 0 saturated carbocycles. The van der Waals surface area contributed by atoms with Crippen molar-refractivity contribution in [2.24, 2.45) is 5.92 Å². The summed E-state index contributed by atoms with van der Waals surface area (Å²) in [4.78, 5) is 26.0. The molecule has 1 aliphatic rings. The molecule has 0 bridgehead atoms. The molecule has 1 fully saturated rings. The van der Waals surface area contributed by atoms with E-state index in [4.69, 9.17) is 9.47 Å². The summed E-state index contributed by atoms with van der Waals surface area (Å²) in [5.74, 6) is -0.417. The minimum absolute atomic E-state index is 0.0800. The summed E-state index contributed by atoms with van der Waals surface area (Å²) < 4.78 is 10.4. The number of ether oxygens (including phenoxy) is 2. The quantitative estimate of drug-likeness (QED) is 0.587. The zero-order valence-corrected chi connectivity index (χ0v) is 15.3. The molecule has 114 valence electrons. The van der Waals surface area contributed by atoms with Crippen LogP contribution in [0.5, 0.6) is 0 Å². The van der Waals surface area contributed by atoms with E-state index < -0.39 is 5.60 Å². The highest BCUT2D eigenvalue weighted by molar-refractivity contribution is 6.10. The largest absolute Gasteiger partial charge is 0.469 e. The van der Waals surface area contributed by atoms with Gasteiger partial charge in [-0.1, -0.05) is 5.28 Å². The third kappa shape index (κ3) is 4.68. The zero-order valence-electron chi connectivity index (χ0n) is 13.3. The number of hydrogen-bond donors (Lipinski definition) is 0. The number of methoxy groups -OCH3 is 1. The molecule has 2 atom stereocenters. The van der Waals surface area contributed by atoms with E-state index in [1.165, 1.54) is 7.11 Å². The fourth-order valence-electron chi connectivity index (χ4n) is 2.67. The Morgan fingerprint density at radius 3 is 2.50 bits per heavy atom. The molecule has 0 aromatic carbocycles. The van der Waals surface area contributed by atoms with Crippen LogP contribution in [0.1, 0.15) is 40.0 Å². The van der Waals surface area contributed by atoms with Gasteiger partial charge in [-0.3, -0.25) is 4.79 Å². The van der Waals surface area contributed by atoms with Gasteiger partial charge in [-0.25, -0.2) is 4.79 Å². The van der Waals surface area contributed by atoms with Gasteiger partial charge < -0.3 is 14.4 Å². The van der Waals surface area contributed by atoms with E-state index in [-0.39, 0.29) is 24.0 Å². The first-order valence-electron chi connectivity index (χ1n) is 7.37. The van der Waals surface area contributed by atoms with Crippen LogP contribution < -0.4 is 0 Å². The predicted molar refractivity (Wildman–Crippen MR) is 79.4 cm³/mol. The number of amides is 1. The zero-order chi connectivity index (χ0) is 15.3. The van der Waals surface area contributed by atoms with Gasteiger partial charge in [-0.05, 0) is 40.0 Å². The molecule has 6 heteroatoms. The van der Waals surface area contributed by atoms with E-state index in [9.17, 15) is 9.59 Å². The second-order valence-electron chi connectivity index (χ2n) is 6.27. The average molecular weight is 299 g/mol. The number of carbonyl (C=O) groups is 2. The van der Waals surface area contributed by atoms with Gasteiger partial charge in [0.25, 0.3) is 0 Å². The van der Waals surface area contributed by atoms with Gasteiger partial charge in [0.1, 0.15) is 5.60 Å². The Balaban J connectivity index is 2.85. The molecule has 1 amide bonds. The van der Waals surface area contributed by atoms with Crippen LogP contribution in [0.3, 0.4) is 0 Å². The van der Waals surface area contributed by atoms with Crippen LogP contribution in [-0.2, 0) is 14.3 Å². The van der Waals surface area contributed by atoms with Crippen molar-refractivity contribution in [3.05, 3.63) is 0 Å². The highest BCUT2D eigenvalue weighted by Gasteiger charge is 2.37. The topological polar surface area (TPSA) is 55.8 Å². The third-order valence-electron chi connectivity index (χ3n) is 3.59. The molecule has 1 heterocycles. The van der Waals surface area contributed by atoms with Crippen molar-refractivity contribution in [2.75, 3.05) is 13.7 Å². The Bertz CT molecular complexity index is 354. The lowest BCUT2D eigenvalue weighted by molar-refractivity contribution is -0.147. The lowest BCUT2D eigenvalue weighted by atomic mass is 9.91. The molecule has 0 N–H and O–H groups in total. The average Bonchev–Trinajstić information content (AvgIpc) is 2.37. The minimum Gasteiger partial charge on any atom is -0.469 e. The van der Waals surface area contributed by atoms with Crippen LogP contribution in [-0.4, -0.2) is 58.6 Å². The van der Waals surface area contributed by atoms with Crippen LogP contribution in [0.2, 0.25) is 5.28 Å². The number of likely N-dealkylation sites (tertiary alicyclic amines) is 1. The highest BCUT2D eigenvalue weighted by atomic mass is 27.0. The predicted octanol–water partition coefficient (Wildman–Crippen LogP) is 1.62. The van der Waals surface area contributed by atoms with Crippen LogP contribution >= 0.6 is 0 Å². The maximum atomic E-state index is 12.3. The van der Waals surface area contributed by atoms with Crippen molar-refractivity contribution in [3.63, 3.8) is 0 Å². The van der Waals surface area contributed by atoms with Gasteiger partial charge in [0.15, 0.2) is 0 Å². The number of piperidine rings is 1. The number of rotatable bonds is 3. The van der Waals surface area contributed by atoms with Crippen LogP contribution in [0.4, 0.5) is 4.79 Å². The number of esters is 1. The Morgan fingerprint density at radius 2 is 2.00 bits per heavy atom. The Kier molecular flexibility index (Phi) is 6.35. The molecule has 0 radical (unpaired) electrons. The molecule has 1 saturated heterocycles. The molecule has 0 aromatic heterocycles. The van der Waals surface area contributed by atoms with E-state index in [0.717, 1.165) is 40.8 Å². The molecule has 1 rings (SSSR count). The first kappa shape index (κ1) is 17.3. The minimum atomic E-state index is -0.513. The SMILES string of the molecule is COC(=O)C([CH2][AlH2])C1CCCCN1C(=O)OC(C)(C)C. The number of nitrogens with zero attached hydrogens (tertiary/aromatic N) is 1. The molecule has 1 aliphatic heterocycles. The van der Waals surface area contributed by atoms with Crippen molar-refractivity contribution >= 4 is 28.4 Å². The van der Waals surface area contributed by atoms with Gasteiger partial charge in [-0.2, -0.15) is 0 Å². The lowest BCUT2D eigenvalue weighted by Crippen LogP contribution is -2.51. The fourth-order valence-corrected chi connectivity index (χ4v) is 3.55. The van der Waals surface area contributed by atoms with E-state index in [0.29, 0.717) is 6.54 Å². The molecule has 2 unspecified atom stereocenters. The summed E-state index contributed by atoms with van der Waals surface area (Å²) in [6.07, 6.45) is 2.54. The second-order valence-corrected chi connectivity index (χ2v) is 7.09. The normalized spacial score (nSPS) is 21.2. The van der Waals surface area contributed by atoms with Crippen molar-refractivity contribution < 1.29 is 19.1 Å². The second kappa shape index (κ2) is 7.33. The van der Waals surface area contributed by atoms with Gasteiger partial charge in [0, 0.05) is 12.6 Å². The summed E-state index contributed by atoms with van der Waals surface area (Å²) in [5.41, 5.74) is -0.513. The summed E-state index contributed by atoms with van der Waals surface area (Å²) in [6.45, 7) is 6.23. The maximum absolute atomic E-state index is 12.3. The molecular formula is C14H26AlNO4. The molecule has 0 aromatic rings. The van der Waals surface area contributed by atoms with Gasteiger partial charge in [0.2, 0.25) is 16.3 Å². The maximum Gasteiger partial charge on any atom is 0.410 e. The smallest absolute Gasteiger partial charge is 0.410 e. The van der Waals surface area contributed by atoms with Gasteiger partial charge in [0.05, 0.1) is 13.0 Å². The number of carbonyl (C=O) groups excluding carboxylic acids is 2. The number of hydrogen-bond acceptors (Lipinski definition) is 4. The molecule has 5 nitrogen and oxygen atoms in total. The van der Waals surface area contributed by atoms with Crippen LogP contribution in [0.15, 0.2) is 0 Å². The molecular weight excluding hydrogens is 273 g/mol. The van der Waals surface area contributed by atoms with Crippen molar-refractivity contribution in [1.82, 2.24) is 4.90 Å². The summed E-state index contributed by atoms with van der Waals surface area (Å²) in [6, 6.07) is -0.0800. The molecule has 0 spiro atoms. The van der Waals surface area contributed by atoms with E-state index in [2.05, 4.69) is 0 Å². The monoisotopic (exact) mass is 299 g/mol. The first-order chi connectivity index (χ1) is 9.30. The Morgan fingerprint density at radius 1 is 1.35 bits per heavy atom. The highest BCUT2D eigenvalue weighted by Crippen LogP contribution is 2.27. The summed E-state index contributed by atoms with van der Waals surface area (Å²) >= 11 is 0.908. The molecule has 0 aliphatic carbocycles. The fraction of sp³-hybridized carbons (Fsp3) is 0.857. The van der Waals surface area contributed by atoms with Gasteiger partial charge in [-0.15, -0.1) is 0 Å². The summed E-state index contributed by atoms with van der Waals surface area (Å²) in [5, 5.41) is 0.802. The van der Waals surface area contributed by atoms with Crippen molar-refractivity contribution in [3.8, 4) is 0 Å². The van der Waals surface area contributed by atoms with Crippen LogP contribution in [0, 0.1) is 5.92 Å². The third-order valence-corrected chi connectivity index (χ3v) is 4.47. The van der Waals surface area contributed by atoms with E-state index in [1.807, 2.05) is 20.8 Å². The Hall–Kier alpha value is -0.728. The van der Waals surface area contributed by atoms with E-state index >= 15 is 0 Å². The lowest BCUT2D eigenvalue weighted by Gasteiger charge is -2.39. The van der Waals surface area contributed by atoms with Crippen LogP contribution in [0.25, 0.3) is 0 Å². The Labute approximate surface area is 129 Å². The standard InChI is InChI=1S/C14H24NO4.Al.2H/c1-10(12(16)18-5)11-8-6-7-9-15(11)13(17)19-14(2,3)4;;;/h10-11H,1,6-9H2,2-5H3;;;. The molecule has 20 heavy (non-hydrogen) atoms.